The number of carboxylic acid groups (broad SMARTS) is 1. The largest absolute Gasteiger partial charge is 0.481 e. The van der Waals surface area contributed by atoms with Crippen molar-refractivity contribution in [3.8, 4) is 0 Å². The Morgan fingerprint density at radius 3 is 2.38 bits per heavy atom. The zero-order valence-corrected chi connectivity index (χ0v) is 19.9. The third-order valence-corrected chi connectivity index (χ3v) is 5.33. The van der Waals surface area contributed by atoms with E-state index < -0.39 is 42.7 Å². The third kappa shape index (κ3) is 8.35. The van der Waals surface area contributed by atoms with Gasteiger partial charge in [0.15, 0.2) is 5.96 Å². The molecular weight excluding hydrogens is 476 g/mol. The summed E-state index contributed by atoms with van der Waals surface area (Å²) in [6.45, 7) is -0.210. The normalized spacial score (nSPS) is 11.2. The predicted octanol–water partition coefficient (Wildman–Crippen LogP) is 0.793. The highest BCUT2D eigenvalue weighted by Crippen LogP contribution is 2.16. The Kier molecular flexibility index (Phi) is 9.14. The number of guanidine groups is 1. The summed E-state index contributed by atoms with van der Waals surface area (Å²) in [7, 11) is 0. The molecule has 0 aliphatic heterocycles. The van der Waals surface area contributed by atoms with Crippen LogP contribution in [0.5, 0.6) is 0 Å². The maximum absolute atomic E-state index is 12.6. The average molecular weight is 505 g/mol. The Morgan fingerprint density at radius 2 is 1.65 bits per heavy atom. The summed E-state index contributed by atoms with van der Waals surface area (Å²) >= 11 is 0. The molecule has 0 bridgehead atoms. The fraction of sp³-hybridized carbons (Fsp3) is 0.192. The topological polar surface area (TPSA) is 189 Å². The molecule has 8 N–H and O–H groups in total. The molecule has 0 fully saturated rings. The van der Waals surface area contributed by atoms with Crippen LogP contribution in [0.25, 0.3) is 10.8 Å². The molecule has 0 heterocycles. The van der Waals surface area contributed by atoms with E-state index in [0.29, 0.717) is 12.1 Å². The lowest BCUT2D eigenvalue weighted by Gasteiger charge is -2.17. The van der Waals surface area contributed by atoms with Gasteiger partial charge < -0.3 is 32.5 Å². The lowest BCUT2D eigenvalue weighted by molar-refractivity contribution is -0.140. The molecule has 192 valence electrons. The number of fused-ring (bicyclic) bond motifs is 1. The van der Waals surface area contributed by atoms with E-state index in [2.05, 4.69) is 20.9 Å². The Labute approximate surface area is 212 Å². The lowest BCUT2D eigenvalue weighted by Crippen LogP contribution is -2.50. The van der Waals surface area contributed by atoms with Crippen LogP contribution in [0.1, 0.15) is 22.3 Å². The van der Waals surface area contributed by atoms with Crippen LogP contribution in [-0.4, -0.2) is 53.9 Å². The predicted molar refractivity (Wildman–Crippen MR) is 139 cm³/mol. The van der Waals surface area contributed by atoms with Crippen molar-refractivity contribution >= 4 is 46.1 Å². The summed E-state index contributed by atoms with van der Waals surface area (Å²) in [5, 5.41) is 18.8. The summed E-state index contributed by atoms with van der Waals surface area (Å²) in [5.41, 5.74) is 12.2. The number of carbonyl (C=O) groups excluding carboxylic acids is 3. The van der Waals surface area contributed by atoms with E-state index in [1.807, 2.05) is 42.5 Å². The highest BCUT2D eigenvalue weighted by atomic mass is 16.4. The maximum atomic E-state index is 12.6. The minimum absolute atomic E-state index is 0.169. The first kappa shape index (κ1) is 26.7. The van der Waals surface area contributed by atoms with Gasteiger partial charge in [0.05, 0.1) is 18.7 Å². The van der Waals surface area contributed by atoms with Crippen molar-refractivity contribution in [2.24, 2.45) is 16.5 Å². The number of nitrogens with one attached hydrogen (secondary N) is 3. The second-order valence-electron chi connectivity index (χ2n) is 8.21. The number of benzene rings is 3. The second-order valence-corrected chi connectivity index (χ2v) is 8.21. The monoisotopic (exact) mass is 504 g/mol. The highest BCUT2D eigenvalue weighted by molar-refractivity contribution is 5.98. The zero-order valence-electron chi connectivity index (χ0n) is 19.9. The van der Waals surface area contributed by atoms with Crippen LogP contribution < -0.4 is 27.4 Å². The molecule has 3 aromatic rings. The molecule has 0 spiro atoms. The molecule has 0 radical (unpaired) electrons. The van der Waals surface area contributed by atoms with Crippen LogP contribution in [0.15, 0.2) is 71.7 Å². The summed E-state index contributed by atoms with van der Waals surface area (Å²) < 4.78 is 0. The minimum Gasteiger partial charge on any atom is -0.481 e. The first-order chi connectivity index (χ1) is 17.7. The van der Waals surface area contributed by atoms with Crippen LogP contribution >= 0.6 is 0 Å². The van der Waals surface area contributed by atoms with Crippen molar-refractivity contribution in [2.45, 2.75) is 18.9 Å². The SMILES string of the molecule is NC(N)=Nc1cccc(C(=O)NCC(=O)N[C@@H](CC(=O)O)C(=O)NCCc2ccc3ccccc3c2)c1. The quantitative estimate of drug-likeness (QED) is 0.164. The van der Waals surface area contributed by atoms with Crippen LogP contribution in [0.3, 0.4) is 0 Å². The number of rotatable bonds is 11. The minimum atomic E-state index is -1.30. The number of amides is 3. The van der Waals surface area contributed by atoms with E-state index in [1.54, 1.807) is 12.1 Å². The number of hydrogen-bond acceptors (Lipinski definition) is 5. The van der Waals surface area contributed by atoms with E-state index in [0.717, 1.165) is 16.3 Å². The Hall–Kier alpha value is -4.93. The average Bonchev–Trinajstić information content (AvgIpc) is 2.86. The Balaban J connectivity index is 1.52. The van der Waals surface area contributed by atoms with Gasteiger partial charge in [-0.25, -0.2) is 4.99 Å². The zero-order chi connectivity index (χ0) is 26.8. The molecule has 1 atom stereocenters. The molecule has 0 unspecified atom stereocenters. The highest BCUT2D eigenvalue weighted by Gasteiger charge is 2.23. The number of hydrogen-bond donors (Lipinski definition) is 6. The number of aliphatic carboxylic acids is 1. The molecule has 0 aliphatic carbocycles. The van der Waals surface area contributed by atoms with Crippen molar-refractivity contribution in [2.75, 3.05) is 13.1 Å². The van der Waals surface area contributed by atoms with E-state index in [9.17, 15) is 24.3 Å². The van der Waals surface area contributed by atoms with Crippen LogP contribution in [-0.2, 0) is 20.8 Å². The molecular formula is C26H28N6O5. The van der Waals surface area contributed by atoms with Gasteiger partial charge in [0.2, 0.25) is 11.8 Å². The van der Waals surface area contributed by atoms with Gasteiger partial charge in [-0.1, -0.05) is 48.5 Å². The van der Waals surface area contributed by atoms with Crippen LogP contribution in [0, 0.1) is 0 Å². The number of nitrogens with zero attached hydrogens (tertiary/aromatic N) is 1. The Morgan fingerprint density at radius 1 is 0.892 bits per heavy atom. The van der Waals surface area contributed by atoms with E-state index in [4.69, 9.17) is 11.5 Å². The second kappa shape index (κ2) is 12.7. The molecule has 37 heavy (non-hydrogen) atoms. The van der Waals surface area contributed by atoms with Gasteiger partial charge in [-0.15, -0.1) is 0 Å². The third-order valence-electron chi connectivity index (χ3n) is 5.33. The summed E-state index contributed by atoms with van der Waals surface area (Å²) in [6.07, 6.45) is -0.0820. The fourth-order valence-electron chi connectivity index (χ4n) is 3.61. The molecule has 11 heteroatoms. The van der Waals surface area contributed by atoms with Crippen molar-refractivity contribution in [1.82, 2.24) is 16.0 Å². The van der Waals surface area contributed by atoms with Crippen molar-refractivity contribution in [3.63, 3.8) is 0 Å². The van der Waals surface area contributed by atoms with Crippen molar-refractivity contribution < 1.29 is 24.3 Å². The van der Waals surface area contributed by atoms with Gasteiger partial charge in [-0.2, -0.15) is 0 Å². The van der Waals surface area contributed by atoms with Gasteiger partial charge >= 0.3 is 5.97 Å². The van der Waals surface area contributed by atoms with Gasteiger partial charge in [-0.05, 0) is 41.0 Å². The van der Waals surface area contributed by atoms with Gasteiger partial charge in [0, 0.05) is 12.1 Å². The smallest absolute Gasteiger partial charge is 0.305 e. The first-order valence-electron chi connectivity index (χ1n) is 11.5. The maximum Gasteiger partial charge on any atom is 0.305 e. The first-order valence-corrected chi connectivity index (χ1v) is 11.5. The molecule has 0 aliphatic rings. The van der Waals surface area contributed by atoms with Gasteiger partial charge in [0.1, 0.15) is 6.04 Å². The van der Waals surface area contributed by atoms with E-state index in [-0.39, 0.29) is 18.1 Å². The number of aliphatic imine (C=N–C) groups is 1. The Bertz CT molecular complexity index is 1340. The number of carbonyl (C=O) groups is 4. The van der Waals surface area contributed by atoms with Crippen molar-refractivity contribution in [3.05, 3.63) is 77.9 Å². The van der Waals surface area contributed by atoms with Gasteiger partial charge in [0.25, 0.3) is 5.91 Å². The molecule has 11 nitrogen and oxygen atoms in total. The number of carboxylic acids is 1. The van der Waals surface area contributed by atoms with Crippen LogP contribution in [0.4, 0.5) is 5.69 Å². The van der Waals surface area contributed by atoms with Gasteiger partial charge in [-0.3, -0.25) is 19.2 Å². The van der Waals surface area contributed by atoms with Crippen LogP contribution in [0.2, 0.25) is 0 Å². The summed E-state index contributed by atoms with van der Waals surface area (Å²) in [5.74, 6) is -3.35. The molecule has 3 aromatic carbocycles. The van der Waals surface area contributed by atoms with E-state index in [1.165, 1.54) is 12.1 Å². The molecule has 3 amide bonds. The summed E-state index contributed by atoms with van der Waals surface area (Å²) in [4.78, 5) is 52.4. The van der Waals surface area contributed by atoms with E-state index >= 15 is 0 Å². The molecule has 0 saturated heterocycles. The molecule has 0 aromatic heterocycles. The standard InChI is InChI=1S/C26H28N6O5/c27-26(28)31-20-7-3-6-19(13-20)24(36)30-15-22(33)32-21(14-23(34)35)25(37)29-11-10-16-8-9-17-4-1-2-5-18(17)12-16/h1-9,12-13,21H,10-11,14-15H2,(H,29,37)(H,30,36)(H,32,33)(H,34,35)(H4,27,28,31)/t21-/m0/s1. The molecule has 3 rings (SSSR count). The lowest BCUT2D eigenvalue weighted by atomic mass is 10.1. The summed E-state index contributed by atoms with van der Waals surface area (Å²) in [6, 6.07) is 18.7. The number of nitrogens with two attached hydrogens (primary N) is 2. The molecule has 0 saturated carbocycles. The fourth-order valence-corrected chi connectivity index (χ4v) is 3.61. The van der Waals surface area contributed by atoms with Crippen molar-refractivity contribution in [1.29, 1.82) is 0 Å².